The number of carbonyl (C=O) groups is 1. The van der Waals surface area contributed by atoms with E-state index in [0.717, 1.165) is 17.5 Å². The Bertz CT molecular complexity index is 552. The van der Waals surface area contributed by atoms with Crippen LogP contribution in [0.2, 0.25) is 0 Å². The topological polar surface area (TPSA) is 68.0 Å². The third-order valence-corrected chi connectivity index (χ3v) is 3.20. The summed E-state index contributed by atoms with van der Waals surface area (Å²) in [5, 5.41) is 2.97. The lowest BCUT2D eigenvalue weighted by molar-refractivity contribution is 0.0940. The lowest BCUT2D eigenvalue weighted by Gasteiger charge is -2.14. The predicted molar refractivity (Wildman–Crippen MR) is 79.3 cm³/mol. The van der Waals surface area contributed by atoms with Crippen LogP contribution in [-0.4, -0.2) is 17.4 Å². The van der Waals surface area contributed by atoms with Crippen LogP contribution in [0.1, 0.15) is 34.5 Å². The summed E-state index contributed by atoms with van der Waals surface area (Å²) in [6.07, 6.45) is 4.27. The van der Waals surface area contributed by atoms with Crippen molar-refractivity contribution in [3.8, 4) is 0 Å². The first-order chi connectivity index (χ1) is 9.70. The highest BCUT2D eigenvalue weighted by molar-refractivity contribution is 5.94. The van der Waals surface area contributed by atoms with Crippen LogP contribution in [0.15, 0.2) is 48.8 Å². The molecule has 0 unspecified atom stereocenters. The maximum atomic E-state index is 12.1. The molecule has 1 amide bonds. The minimum Gasteiger partial charge on any atom is -0.346 e. The van der Waals surface area contributed by atoms with Crippen molar-refractivity contribution in [1.29, 1.82) is 0 Å². The summed E-state index contributed by atoms with van der Waals surface area (Å²) in [6, 6.07) is 11.3. The summed E-state index contributed by atoms with van der Waals surface area (Å²) < 4.78 is 0. The number of nitrogens with zero attached hydrogens (tertiary/aromatic N) is 1. The van der Waals surface area contributed by atoms with Gasteiger partial charge in [-0.1, -0.05) is 12.1 Å². The molecule has 2 aromatic rings. The van der Waals surface area contributed by atoms with Gasteiger partial charge < -0.3 is 11.1 Å². The Morgan fingerprint density at radius 1 is 1.20 bits per heavy atom. The van der Waals surface area contributed by atoms with Crippen LogP contribution in [-0.2, 0) is 6.42 Å². The standard InChI is InChI=1S/C16H19N3O/c1-12(14-7-10-18-11-8-14)19-16(20)15-4-2-13(3-5-15)6-9-17/h2-5,7-8,10-12H,6,9,17H2,1H3,(H,19,20)/t12-/m0/s1. The average Bonchev–Trinajstić information content (AvgIpc) is 2.49. The van der Waals surface area contributed by atoms with Gasteiger partial charge in [0, 0.05) is 18.0 Å². The molecule has 20 heavy (non-hydrogen) atoms. The molecule has 1 aromatic heterocycles. The number of benzene rings is 1. The number of nitrogens with two attached hydrogens (primary N) is 1. The van der Waals surface area contributed by atoms with Gasteiger partial charge in [0.25, 0.3) is 5.91 Å². The molecule has 0 radical (unpaired) electrons. The number of aromatic nitrogens is 1. The molecule has 1 heterocycles. The fourth-order valence-corrected chi connectivity index (χ4v) is 2.00. The minimum atomic E-state index is -0.0754. The van der Waals surface area contributed by atoms with E-state index in [0.29, 0.717) is 12.1 Å². The molecule has 0 spiro atoms. The number of carbonyl (C=O) groups excluding carboxylic acids is 1. The molecular formula is C16H19N3O. The molecule has 4 nitrogen and oxygen atoms in total. The first-order valence-electron chi connectivity index (χ1n) is 6.70. The van der Waals surface area contributed by atoms with Gasteiger partial charge in [-0.15, -0.1) is 0 Å². The van der Waals surface area contributed by atoms with Crippen LogP contribution in [0.5, 0.6) is 0 Å². The van der Waals surface area contributed by atoms with E-state index in [-0.39, 0.29) is 11.9 Å². The summed E-state index contributed by atoms with van der Waals surface area (Å²) in [7, 11) is 0. The van der Waals surface area contributed by atoms with Gasteiger partial charge >= 0.3 is 0 Å². The van der Waals surface area contributed by atoms with Crippen LogP contribution in [0, 0.1) is 0 Å². The molecule has 0 bridgehead atoms. The maximum absolute atomic E-state index is 12.1. The molecule has 1 aromatic carbocycles. The molecule has 2 rings (SSSR count). The second kappa shape index (κ2) is 6.82. The van der Waals surface area contributed by atoms with E-state index in [1.807, 2.05) is 43.3 Å². The van der Waals surface area contributed by atoms with Crippen molar-refractivity contribution < 1.29 is 4.79 Å². The van der Waals surface area contributed by atoms with Crippen molar-refractivity contribution in [2.75, 3.05) is 6.54 Å². The highest BCUT2D eigenvalue weighted by atomic mass is 16.1. The van der Waals surface area contributed by atoms with Crippen molar-refractivity contribution in [2.24, 2.45) is 5.73 Å². The smallest absolute Gasteiger partial charge is 0.251 e. The van der Waals surface area contributed by atoms with Crippen molar-refractivity contribution in [2.45, 2.75) is 19.4 Å². The molecule has 1 atom stereocenters. The van der Waals surface area contributed by atoms with Gasteiger partial charge in [0.05, 0.1) is 6.04 Å². The third kappa shape index (κ3) is 3.65. The van der Waals surface area contributed by atoms with Gasteiger partial charge in [-0.2, -0.15) is 0 Å². The quantitative estimate of drug-likeness (QED) is 0.873. The summed E-state index contributed by atoms with van der Waals surface area (Å²) in [4.78, 5) is 16.1. The SMILES string of the molecule is C[C@H](NC(=O)c1ccc(CCN)cc1)c1ccncc1. The average molecular weight is 269 g/mol. The minimum absolute atomic E-state index is 0.0470. The number of nitrogens with one attached hydrogen (secondary N) is 1. The van der Waals surface area contributed by atoms with Crippen LogP contribution in [0.4, 0.5) is 0 Å². The fraction of sp³-hybridized carbons (Fsp3) is 0.250. The summed E-state index contributed by atoms with van der Waals surface area (Å²) >= 11 is 0. The number of hydrogen-bond donors (Lipinski definition) is 2. The van der Waals surface area contributed by atoms with E-state index in [9.17, 15) is 4.79 Å². The van der Waals surface area contributed by atoms with E-state index in [4.69, 9.17) is 5.73 Å². The first kappa shape index (κ1) is 14.2. The van der Waals surface area contributed by atoms with Crippen molar-refractivity contribution >= 4 is 5.91 Å². The summed E-state index contributed by atoms with van der Waals surface area (Å²) in [5.41, 5.74) is 8.34. The summed E-state index contributed by atoms with van der Waals surface area (Å²) in [6.45, 7) is 2.57. The molecule has 0 saturated carbocycles. The Balaban J connectivity index is 2.01. The zero-order chi connectivity index (χ0) is 14.4. The van der Waals surface area contributed by atoms with Gasteiger partial charge in [0.1, 0.15) is 0 Å². The van der Waals surface area contributed by atoms with Crippen LogP contribution < -0.4 is 11.1 Å². The van der Waals surface area contributed by atoms with Crippen LogP contribution in [0.25, 0.3) is 0 Å². The van der Waals surface area contributed by atoms with Crippen molar-refractivity contribution in [3.05, 3.63) is 65.5 Å². The number of rotatable bonds is 5. The zero-order valence-corrected chi connectivity index (χ0v) is 11.5. The van der Waals surface area contributed by atoms with Gasteiger partial charge in [-0.05, 0) is 55.3 Å². The lowest BCUT2D eigenvalue weighted by Crippen LogP contribution is -2.26. The molecule has 0 aliphatic heterocycles. The lowest BCUT2D eigenvalue weighted by atomic mass is 10.1. The molecule has 0 aliphatic rings. The van der Waals surface area contributed by atoms with Crippen molar-refractivity contribution in [1.82, 2.24) is 10.3 Å². The predicted octanol–water partition coefficient (Wildman–Crippen LogP) is 2.07. The van der Waals surface area contributed by atoms with E-state index in [1.54, 1.807) is 12.4 Å². The molecule has 104 valence electrons. The Morgan fingerprint density at radius 2 is 1.85 bits per heavy atom. The largest absolute Gasteiger partial charge is 0.346 e. The molecule has 4 heteroatoms. The van der Waals surface area contributed by atoms with Crippen molar-refractivity contribution in [3.63, 3.8) is 0 Å². The Hall–Kier alpha value is -2.20. The Kier molecular flexibility index (Phi) is 4.85. The van der Waals surface area contributed by atoms with Crippen LogP contribution >= 0.6 is 0 Å². The molecule has 0 fully saturated rings. The number of pyridine rings is 1. The van der Waals surface area contributed by atoms with E-state index >= 15 is 0 Å². The Morgan fingerprint density at radius 3 is 2.45 bits per heavy atom. The molecular weight excluding hydrogens is 250 g/mol. The van der Waals surface area contributed by atoms with E-state index in [2.05, 4.69) is 10.3 Å². The fourth-order valence-electron chi connectivity index (χ4n) is 2.00. The second-order valence-corrected chi connectivity index (χ2v) is 4.71. The van der Waals surface area contributed by atoms with E-state index < -0.39 is 0 Å². The monoisotopic (exact) mass is 269 g/mol. The number of hydrogen-bond acceptors (Lipinski definition) is 3. The van der Waals surface area contributed by atoms with Gasteiger partial charge in [0.2, 0.25) is 0 Å². The third-order valence-electron chi connectivity index (χ3n) is 3.20. The summed E-state index contributed by atoms with van der Waals surface area (Å²) in [5.74, 6) is -0.0754. The maximum Gasteiger partial charge on any atom is 0.251 e. The zero-order valence-electron chi connectivity index (χ0n) is 11.5. The van der Waals surface area contributed by atoms with E-state index in [1.165, 1.54) is 0 Å². The number of amides is 1. The second-order valence-electron chi connectivity index (χ2n) is 4.71. The van der Waals surface area contributed by atoms with Gasteiger partial charge in [-0.3, -0.25) is 9.78 Å². The normalized spacial score (nSPS) is 11.9. The molecule has 0 saturated heterocycles. The first-order valence-corrected chi connectivity index (χ1v) is 6.70. The van der Waals surface area contributed by atoms with Gasteiger partial charge in [-0.25, -0.2) is 0 Å². The molecule has 0 aliphatic carbocycles. The van der Waals surface area contributed by atoms with Crippen LogP contribution in [0.3, 0.4) is 0 Å². The Labute approximate surface area is 119 Å². The highest BCUT2D eigenvalue weighted by Gasteiger charge is 2.11. The molecule has 3 N–H and O–H groups in total. The highest BCUT2D eigenvalue weighted by Crippen LogP contribution is 2.12. The van der Waals surface area contributed by atoms with Gasteiger partial charge in [0.15, 0.2) is 0 Å².